The molecule has 4 amide bonds. The summed E-state index contributed by atoms with van der Waals surface area (Å²) in [4.78, 5) is 55.3. The number of rotatable bonds is 8. The highest BCUT2D eigenvalue weighted by Gasteiger charge is 2.40. The van der Waals surface area contributed by atoms with E-state index in [9.17, 15) is 19.2 Å². The number of imide groups is 2. The summed E-state index contributed by atoms with van der Waals surface area (Å²) >= 11 is 3.47. The van der Waals surface area contributed by atoms with Gasteiger partial charge in [0.25, 0.3) is 23.6 Å². The Balaban J connectivity index is 1.86. The predicted octanol–water partition coefficient (Wildman–Crippen LogP) is 5.17. The molecule has 2 aromatic rings. The van der Waals surface area contributed by atoms with E-state index in [0.717, 1.165) is 38.5 Å². The van der Waals surface area contributed by atoms with E-state index in [2.05, 4.69) is 29.8 Å². The smallest absolute Gasteiger partial charge is 0.262 e. The van der Waals surface area contributed by atoms with Gasteiger partial charge in [0.05, 0.1) is 5.56 Å². The first-order valence-corrected chi connectivity index (χ1v) is 11.7. The van der Waals surface area contributed by atoms with Gasteiger partial charge in [0.15, 0.2) is 0 Å². The maximum atomic E-state index is 13.3. The fourth-order valence-electron chi connectivity index (χ4n) is 4.47. The van der Waals surface area contributed by atoms with Crippen molar-refractivity contribution in [2.24, 2.45) is 0 Å². The van der Waals surface area contributed by atoms with Gasteiger partial charge in [0, 0.05) is 45.0 Å². The molecule has 0 N–H and O–H groups in total. The topological polar surface area (TPSA) is 74.8 Å². The second-order valence-electron chi connectivity index (χ2n) is 8.13. The minimum absolute atomic E-state index is 0.353. The molecule has 2 aliphatic rings. The van der Waals surface area contributed by atoms with Crippen molar-refractivity contribution in [2.75, 3.05) is 13.1 Å². The Hall–Kier alpha value is -2.54. The molecule has 0 aliphatic carbocycles. The highest BCUT2D eigenvalue weighted by molar-refractivity contribution is 9.10. The second kappa shape index (κ2) is 8.54. The molecular formula is C24H25BrN2O4. The van der Waals surface area contributed by atoms with E-state index < -0.39 is 0 Å². The SMILES string of the molecule is CCCCCN1C(=O)c2ccc3c4c(c(Br)cc(c24)C1=O)C(=O)N(CCCCC)C3=O. The Morgan fingerprint density at radius 2 is 1.16 bits per heavy atom. The summed E-state index contributed by atoms with van der Waals surface area (Å²) in [6.45, 7) is 4.84. The van der Waals surface area contributed by atoms with Crippen molar-refractivity contribution in [3.05, 3.63) is 44.9 Å². The largest absolute Gasteiger partial charge is 0.274 e. The Kier molecular flexibility index (Phi) is 5.97. The molecule has 4 rings (SSSR count). The van der Waals surface area contributed by atoms with Crippen molar-refractivity contribution in [3.63, 3.8) is 0 Å². The van der Waals surface area contributed by atoms with Crippen LogP contribution in [0.2, 0.25) is 0 Å². The average molecular weight is 485 g/mol. The molecule has 162 valence electrons. The van der Waals surface area contributed by atoms with Gasteiger partial charge < -0.3 is 0 Å². The van der Waals surface area contributed by atoms with Gasteiger partial charge in [-0.05, 0) is 47.0 Å². The minimum atomic E-state index is -0.380. The molecule has 0 unspecified atom stereocenters. The van der Waals surface area contributed by atoms with E-state index >= 15 is 0 Å². The van der Waals surface area contributed by atoms with Crippen LogP contribution in [0.15, 0.2) is 22.7 Å². The summed E-state index contributed by atoms with van der Waals surface area (Å²) in [5, 5.41) is 0.839. The van der Waals surface area contributed by atoms with Crippen LogP contribution in [-0.4, -0.2) is 46.5 Å². The van der Waals surface area contributed by atoms with Gasteiger partial charge in [-0.2, -0.15) is 0 Å². The third-order valence-corrected chi connectivity index (χ3v) is 6.72. The lowest BCUT2D eigenvalue weighted by Gasteiger charge is -2.32. The number of hydrogen-bond donors (Lipinski definition) is 0. The number of halogens is 1. The number of hydrogen-bond acceptors (Lipinski definition) is 4. The maximum absolute atomic E-state index is 13.3. The van der Waals surface area contributed by atoms with E-state index in [1.807, 2.05) is 0 Å². The monoisotopic (exact) mass is 484 g/mol. The zero-order valence-corrected chi connectivity index (χ0v) is 19.4. The lowest BCUT2D eigenvalue weighted by molar-refractivity contribution is 0.0586. The van der Waals surface area contributed by atoms with Gasteiger partial charge in [-0.25, -0.2) is 0 Å². The van der Waals surface area contributed by atoms with Gasteiger partial charge in [-0.15, -0.1) is 0 Å². The molecule has 31 heavy (non-hydrogen) atoms. The first-order valence-electron chi connectivity index (χ1n) is 10.9. The molecule has 6 nitrogen and oxygen atoms in total. The predicted molar refractivity (Wildman–Crippen MR) is 121 cm³/mol. The lowest BCUT2D eigenvalue weighted by atomic mass is 9.85. The molecule has 0 radical (unpaired) electrons. The summed E-state index contributed by atoms with van der Waals surface area (Å²) in [5.74, 6) is -1.48. The average Bonchev–Trinajstić information content (AvgIpc) is 2.75. The molecule has 0 atom stereocenters. The fraction of sp³-hybridized carbons (Fsp3) is 0.417. The molecule has 0 saturated carbocycles. The Morgan fingerprint density at radius 1 is 0.677 bits per heavy atom. The van der Waals surface area contributed by atoms with E-state index in [1.54, 1.807) is 18.2 Å². The van der Waals surface area contributed by atoms with Crippen LogP contribution in [0.3, 0.4) is 0 Å². The van der Waals surface area contributed by atoms with Crippen LogP contribution in [0.1, 0.15) is 93.8 Å². The van der Waals surface area contributed by atoms with Crippen LogP contribution in [0.4, 0.5) is 0 Å². The van der Waals surface area contributed by atoms with Gasteiger partial charge >= 0.3 is 0 Å². The van der Waals surface area contributed by atoms with E-state index in [1.165, 1.54) is 9.80 Å². The van der Waals surface area contributed by atoms with Crippen LogP contribution >= 0.6 is 15.9 Å². The first kappa shape index (κ1) is 21.7. The summed E-state index contributed by atoms with van der Waals surface area (Å²) in [6, 6.07) is 4.87. The third kappa shape index (κ3) is 3.39. The molecule has 2 heterocycles. The fourth-order valence-corrected chi connectivity index (χ4v) is 5.07. The van der Waals surface area contributed by atoms with Crippen LogP contribution in [0.5, 0.6) is 0 Å². The summed E-state index contributed by atoms with van der Waals surface area (Å²) in [5.41, 5.74) is 1.46. The first-order chi connectivity index (χ1) is 14.9. The molecule has 0 aromatic heterocycles. The van der Waals surface area contributed by atoms with Crippen molar-refractivity contribution in [2.45, 2.75) is 52.4 Å². The third-order valence-electron chi connectivity index (χ3n) is 6.09. The van der Waals surface area contributed by atoms with Crippen molar-refractivity contribution < 1.29 is 19.2 Å². The van der Waals surface area contributed by atoms with E-state index in [0.29, 0.717) is 50.6 Å². The quantitative estimate of drug-likeness (QED) is 0.382. The van der Waals surface area contributed by atoms with Crippen LogP contribution in [0.25, 0.3) is 10.8 Å². The number of amides is 4. The van der Waals surface area contributed by atoms with E-state index in [4.69, 9.17) is 0 Å². The number of carbonyl (C=O) groups is 4. The Bertz CT molecular complexity index is 1120. The standard InChI is InChI=1S/C24H25BrN2O4/c1-3-5-7-11-26-21(28)14-9-10-15-19-18(14)16(23(26)30)13-17(25)20(19)24(31)27(22(15)29)12-8-6-4-2/h9-10,13H,3-8,11-12H2,1-2H3. The number of benzene rings is 2. The van der Waals surface area contributed by atoms with Crippen molar-refractivity contribution in [1.82, 2.24) is 9.80 Å². The molecule has 0 spiro atoms. The Labute approximate surface area is 189 Å². The molecule has 0 saturated heterocycles. The minimum Gasteiger partial charge on any atom is -0.274 e. The molecular weight excluding hydrogens is 460 g/mol. The van der Waals surface area contributed by atoms with Gasteiger partial charge in [0.2, 0.25) is 0 Å². The highest BCUT2D eigenvalue weighted by Crippen LogP contribution is 2.41. The molecule has 0 fully saturated rings. The van der Waals surface area contributed by atoms with Crippen molar-refractivity contribution in [3.8, 4) is 0 Å². The van der Waals surface area contributed by atoms with Crippen LogP contribution in [-0.2, 0) is 0 Å². The van der Waals surface area contributed by atoms with Gasteiger partial charge in [-0.3, -0.25) is 29.0 Å². The summed E-state index contributed by atoms with van der Waals surface area (Å²) < 4.78 is 0.475. The number of nitrogens with zero attached hydrogens (tertiary/aromatic N) is 2. The second-order valence-corrected chi connectivity index (χ2v) is 8.98. The van der Waals surface area contributed by atoms with Crippen molar-refractivity contribution >= 4 is 50.3 Å². The molecule has 7 heteroatoms. The Morgan fingerprint density at radius 3 is 1.71 bits per heavy atom. The lowest BCUT2D eigenvalue weighted by Crippen LogP contribution is -2.44. The highest BCUT2D eigenvalue weighted by atomic mass is 79.9. The summed E-state index contributed by atoms with van der Waals surface area (Å²) in [6.07, 6.45) is 5.31. The summed E-state index contributed by atoms with van der Waals surface area (Å²) in [7, 11) is 0. The van der Waals surface area contributed by atoms with Crippen molar-refractivity contribution in [1.29, 1.82) is 0 Å². The van der Waals surface area contributed by atoms with Crippen LogP contribution in [0, 0.1) is 0 Å². The normalized spacial score (nSPS) is 15.5. The zero-order chi connectivity index (χ0) is 22.3. The molecule has 0 bridgehead atoms. The van der Waals surface area contributed by atoms with E-state index in [-0.39, 0.29) is 23.6 Å². The number of carbonyl (C=O) groups excluding carboxylic acids is 4. The van der Waals surface area contributed by atoms with Gasteiger partial charge in [0.1, 0.15) is 0 Å². The molecule has 2 aromatic carbocycles. The zero-order valence-electron chi connectivity index (χ0n) is 17.8. The maximum Gasteiger partial charge on any atom is 0.262 e. The van der Waals surface area contributed by atoms with Gasteiger partial charge in [-0.1, -0.05) is 39.5 Å². The molecule has 2 aliphatic heterocycles. The number of unbranched alkanes of at least 4 members (excludes halogenated alkanes) is 4. The van der Waals surface area contributed by atoms with Crippen LogP contribution < -0.4 is 0 Å².